The molecule has 0 bridgehead atoms. The van der Waals surface area contributed by atoms with E-state index in [9.17, 15) is 9.59 Å². The summed E-state index contributed by atoms with van der Waals surface area (Å²) < 4.78 is 5.33. The Labute approximate surface area is 126 Å². The highest BCUT2D eigenvalue weighted by Crippen LogP contribution is 2.24. The van der Waals surface area contributed by atoms with Gasteiger partial charge in [0.1, 0.15) is 11.5 Å². The van der Waals surface area contributed by atoms with Gasteiger partial charge in [-0.3, -0.25) is 14.5 Å². The third-order valence-corrected chi connectivity index (χ3v) is 3.28. The number of nitrogens with one attached hydrogen (secondary N) is 1. The van der Waals surface area contributed by atoms with Crippen molar-refractivity contribution in [1.29, 1.82) is 0 Å². The molecule has 2 aromatic rings. The lowest BCUT2D eigenvalue weighted by atomic mass is 10.1. The Morgan fingerprint density at radius 1 is 1.18 bits per heavy atom. The molecule has 3 rings (SSSR count). The third kappa shape index (κ3) is 2.64. The van der Waals surface area contributed by atoms with Gasteiger partial charge in [-0.2, -0.15) is 0 Å². The molecule has 6 nitrogen and oxygen atoms in total. The lowest BCUT2D eigenvalue weighted by Crippen LogP contribution is -2.34. The van der Waals surface area contributed by atoms with Crippen LogP contribution >= 0.6 is 0 Å². The molecule has 0 aliphatic carbocycles. The largest absolute Gasteiger partial charge is 0.464 e. The van der Waals surface area contributed by atoms with Gasteiger partial charge in [-0.1, -0.05) is 12.1 Å². The molecule has 1 aliphatic rings. The van der Waals surface area contributed by atoms with Crippen LogP contribution in [-0.2, 0) is 9.59 Å². The average Bonchev–Trinajstić information content (AvgIpc) is 3.13. The number of hydrogen-bond donors (Lipinski definition) is 2. The molecule has 0 radical (unpaired) electrons. The van der Waals surface area contributed by atoms with Gasteiger partial charge in [0.15, 0.2) is 0 Å². The van der Waals surface area contributed by atoms with E-state index < -0.39 is 11.8 Å². The summed E-state index contributed by atoms with van der Waals surface area (Å²) in [5.74, 6) is -0.153. The number of aliphatic hydroxyl groups is 1. The van der Waals surface area contributed by atoms with Gasteiger partial charge in [0.05, 0.1) is 19.4 Å². The van der Waals surface area contributed by atoms with Crippen LogP contribution in [-0.4, -0.2) is 35.0 Å². The number of β-amino-alcohol motifs (C(OH)–C–C–N with tert-alkyl or cyclic N) is 1. The van der Waals surface area contributed by atoms with E-state index in [1.54, 1.807) is 18.4 Å². The number of carbonyl (C=O) groups excluding carboxylic acids is 2. The molecule has 0 saturated carbocycles. The maximum atomic E-state index is 12.1. The summed E-state index contributed by atoms with van der Waals surface area (Å²) in [7, 11) is 0. The predicted molar refractivity (Wildman–Crippen MR) is 79.7 cm³/mol. The van der Waals surface area contributed by atoms with Crippen LogP contribution in [0, 0.1) is 0 Å². The molecular weight excluding hydrogens is 284 g/mol. The fourth-order valence-corrected chi connectivity index (χ4v) is 2.26. The molecule has 1 aliphatic heterocycles. The summed E-state index contributed by atoms with van der Waals surface area (Å²) in [6.07, 6.45) is 2.82. The van der Waals surface area contributed by atoms with E-state index in [0.29, 0.717) is 11.4 Å². The van der Waals surface area contributed by atoms with Crippen molar-refractivity contribution < 1.29 is 19.1 Å². The zero-order valence-electron chi connectivity index (χ0n) is 11.7. The van der Waals surface area contributed by atoms with Crippen molar-refractivity contribution in [3.8, 4) is 11.3 Å². The van der Waals surface area contributed by atoms with Crippen LogP contribution in [0.15, 0.2) is 58.9 Å². The highest BCUT2D eigenvalue weighted by molar-refractivity contribution is 6.17. The van der Waals surface area contributed by atoms with Crippen LogP contribution in [0.4, 0.5) is 5.69 Å². The van der Waals surface area contributed by atoms with Crippen molar-refractivity contribution in [2.24, 2.45) is 0 Å². The van der Waals surface area contributed by atoms with Crippen molar-refractivity contribution in [1.82, 2.24) is 4.90 Å². The average molecular weight is 298 g/mol. The van der Waals surface area contributed by atoms with Gasteiger partial charge in [-0.05, 0) is 24.3 Å². The van der Waals surface area contributed by atoms with E-state index in [-0.39, 0.29) is 18.8 Å². The first-order chi connectivity index (χ1) is 10.7. The topological polar surface area (TPSA) is 82.8 Å². The first kappa shape index (κ1) is 14.1. The standard InChI is InChI=1S/C16H14N2O4/c19-7-6-18-15(20)10-13(16(18)21)17-12-4-1-3-11(9-12)14-5-2-8-22-14/h1-5,8-10,17,19H,6-7H2. The maximum absolute atomic E-state index is 12.1. The Balaban J connectivity index is 1.80. The van der Waals surface area contributed by atoms with Gasteiger partial charge >= 0.3 is 0 Å². The highest BCUT2D eigenvalue weighted by atomic mass is 16.3. The SMILES string of the molecule is O=C1C=C(Nc2cccc(-c3ccco3)c2)C(=O)N1CCO. The quantitative estimate of drug-likeness (QED) is 0.819. The fraction of sp³-hybridized carbons (Fsp3) is 0.125. The molecule has 1 aromatic carbocycles. The van der Waals surface area contributed by atoms with Crippen LogP contribution in [0.2, 0.25) is 0 Å². The second-order valence-electron chi connectivity index (χ2n) is 4.76. The van der Waals surface area contributed by atoms with Crippen LogP contribution < -0.4 is 5.32 Å². The Hall–Kier alpha value is -2.86. The van der Waals surface area contributed by atoms with E-state index in [2.05, 4.69) is 5.32 Å². The number of furan rings is 1. The molecule has 6 heteroatoms. The zero-order valence-corrected chi connectivity index (χ0v) is 11.7. The molecule has 1 aromatic heterocycles. The number of nitrogens with zero attached hydrogens (tertiary/aromatic N) is 1. The van der Waals surface area contributed by atoms with Crippen molar-refractivity contribution >= 4 is 17.5 Å². The smallest absolute Gasteiger partial charge is 0.277 e. The van der Waals surface area contributed by atoms with Gasteiger partial charge in [0.2, 0.25) is 0 Å². The molecule has 0 saturated heterocycles. The number of hydrogen-bond acceptors (Lipinski definition) is 5. The summed E-state index contributed by atoms with van der Waals surface area (Å²) in [6.45, 7) is -0.266. The van der Waals surface area contributed by atoms with Crippen molar-refractivity contribution in [2.75, 3.05) is 18.5 Å². The maximum Gasteiger partial charge on any atom is 0.277 e. The summed E-state index contributed by atoms with van der Waals surface area (Å²) in [5, 5.41) is 11.8. The van der Waals surface area contributed by atoms with E-state index in [1.807, 2.05) is 24.3 Å². The molecule has 2 N–H and O–H groups in total. The Kier molecular flexibility index (Phi) is 3.76. The Morgan fingerprint density at radius 3 is 2.77 bits per heavy atom. The van der Waals surface area contributed by atoms with Gasteiger partial charge < -0.3 is 14.8 Å². The summed E-state index contributed by atoms with van der Waals surface area (Å²) in [4.78, 5) is 24.8. The normalized spacial score (nSPS) is 14.4. The molecule has 0 atom stereocenters. The van der Waals surface area contributed by atoms with Crippen molar-refractivity contribution in [2.45, 2.75) is 0 Å². The third-order valence-electron chi connectivity index (χ3n) is 3.28. The van der Waals surface area contributed by atoms with E-state index in [4.69, 9.17) is 9.52 Å². The number of imide groups is 1. The summed E-state index contributed by atoms with van der Waals surface area (Å²) in [6, 6.07) is 11.0. The van der Waals surface area contributed by atoms with Crippen molar-refractivity contribution in [3.63, 3.8) is 0 Å². The van der Waals surface area contributed by atoms with E-state index in [1.165, 1.54) is 6.08 Å². The molecule has 22 heavy (non-hydrogen) atoms. The van der Waals surface area contributed by atoms with Gasteiger partial charge in [-0.15, -0.1) is 0 Å². The lowest BCUT2D eigenvalue weighted by molar-refractivity contribution is -0.137. The van der Waals surface area contributed by atoms with E-state index >= 15 is 0 Å². The fourth-order valence-electron chi connectivity index (χ4n) is 2.26. The minimum absolute atomic E-state index is 0.00815. The monoisotopic (exact) mass is 298 g/mol. The van der Waals surface area contributed by atoms with Gasteiger partial charge in [-0.25, -0.2) is 0 Å². The zero-order chi connectivity index (χ0) is 15.5. The molecule has 2 amide bonds. The van der Waals surface area contributed by atoms with Crippen molar-refractivity contribution in [3.05, 3.63) is 54.4 Å². The van der Waals surface area contributed by atoms with Gasteiger partial charge in [0, 0.05) is 17.3 Å². The minimum atomic E-state index is -0.442. The first-order valence-corrected chi connectivity index (χ1v) is 6.78. The molecule has 0 fully saturated rings. The second-order valence-corrected chi connectivity index (χ2v) is 4.76. The number of amides is 2. The minimum Gasteiger partial charge on any atom is -0.464 e. The number of aliphatic hydroxyl groups excluding tert-OH is 1. The number of carbonyl (C=O) groups is 2. The number of rotatable bonds is 5. The van der Waals surface area contributed by atoms with Crippen LogP contribution in [0.25, 0.3) is 11.3 Å². The highest BCUT2D eigenvalue weighted by Gasteiger charge is 2.30. The van der Waals surface area contributed by atoms with E-state index in [0.717, 1.165) is 10.5 Å². The Morgan fingerprint density at radius 2 is 2.05 bits per heavy atom. The lowest BCUT2D eigenvalue weighted by Gasteiger charge is -2.13. The second kappa shape index (κ2) is 5.87. The molecule has 0 spiro atoms. The molecule has 2 heterocycles. The predicted octanol–water partition coefficient (Wildman–Crippen LogP) is 1.60. The molecule has 112 valence electrons. The Bertz CT molecular complexity index is 734. The van der Waals surface area contributed by atoms with Crippen LogP contribution in [0.3, 0.4) is 0 Å². The van der Waals surface area contributed by atoms with Crippen LogP contribution in [0.1, 0.15) is 0 Å². The van der Waals surface area contributed by atoms with Gasteiger partial charge in [0.25, 0.3) is 11.8 Å². The first-order valence-electron chi connectivity index (χ1n) is 6.78. The molecule has 0 unspecified atom stereocenters. The number of anilines is 1. The summed E-state index contributed by atoms with van der Waals surface area (Å²) >= 11 is 0. The van der Waals surface area contributed by atoms with Crippen LogP contribution in [0.5, 0.6) is 0 Å². The number of benzene rings is 1. The molecular formula is C16H14N2O4. The summed E-state index contributed by atoms with van der Waals surface area (Å²) in [5.41, 5.74) is 1.72.